The van der Waals surface area contributed by atoms with E-state index in [0.717, 1.165) is 29.8 Å². The number of hydrogen-bond donors (Lipinski definition) is 1. The molecule has 0 aliphatic heterocycles. The van der Waals surface area contributed by atoms with Crippen molar-refractivity contribution in [1.82, 2.24) is 0 Å². The average Bonchev–Trinajstić information content (AvgIpc) is 2.60. The van der Waals surface area contributed by atoms with Gasteiger partial charge < -0.3 is 10.1 Å². The zero-order valence-corrected chi connectivity index (χ0v) is 14.1. The Morgan fingerprint density at radius 3 is 2.65 bits per heavy atom. The van der Waals surface area contributed by atoms with E-state index in [4.69, 9.17) is 4.74 Å². The van der Waals surface area contributed by atoms with Crippen molar-refractivity contribution in [3.05, 3.63) is 59.7 Å². The van der Waals surface area contributed by atoms with Gasteiger partial charge in [0.2, 0.25) is 0 Å². The summed E-state index contributed by atoms with van der Waals surface area (Å²) in [7, 11) is 0. The van der Waals surface area contributed by atoms with Crippen molar-refractivity contribution < 1.29 is 9.53 Å². The molecular formula is C20H25NO2. The molecule has 0 heterocycles. The van der Waals surface area contributed by atoms with Gasteiger partial charge in [-0.25, -0.2) is 0 Å². The van der Waals surface area contributed by atoms with Crippen molar-refractivity contribution in [2.75, 3.05) is 11.9 Å². The Labute approximate surface area is 138 Å². The van der Waals surface area contributed by atoms with Crippen molar-refractivity contribution in [3.63, 3.8) is 0 Å². The number of anilines is 1. The van der Waals surface area contributed by atoms with E-state index in [2.05, 4.69) is 38.2 Å². The smallest absolute Gasteiger partial charge is 0.262 e. The number of aryl methyl sites for hydroxylation is 1. The standard InChI is InChI=1S/C20H25NO2/c1-4-15(3)18-11-6-7-12-19(18)21-20(22)14-23-17-10-8-9-16(5-2)13-17/h6-13,15H,4-5,14H2,1-3H3,(H,21,22)/t15-/m0/s1. The Balaban J connectivity index is 1.97. The number of para-hydroxylation sites is 1. The first-order valence-electron chi connectivity index (χ1n) is 8.24. The van der Waals surface area contributed by atoms with Gasteiger partial charge in [-0.2, -0.15) is 0 Å². The Morgan fingerprint density at radius 2 is 1.91 bits per heavy atom. The lowest BCUT2D eigenvalue weighted by atomic mass is 9.97. The number of carbonyl (C=O) groups is 1. The second kappa shape index (κ2) is 8.37. The van der Waals surface area contributed by atoms with Gasteiger partial charge in [0.1, 0.15) is 5.75 Å². The molecule has 23 heavy (non-hydrogen) atoms. The summed E-state index contributed by atoms with van der Waals surface area (Å²) in [6, 6.07) is 15.8. The normalized spacial score (nSPS) is 11.8. The quantitative estimate of drug-likeness (QED) is 0.799. The van der Waals surface area contributed by atoms with Crippen LogP contribution in [0.1, 0.15) is 44.2 Å². The highest BCUT2D eigenvalue weighted by Crippen LogP contribution is 2.26. The van der Waals surface area contributed by atoms with Gasteiger partial charge >= 0.3 is 0 Å². The minimum absolute atomic E-state index is 0.0159. The molecule has 0 fully saturated rings. The van der Waals surface area contributed by atoms with Crippen LogP contribution in [0.3, 0.4) is 0 Å². The van der Waals surface area contributed by atoms with Crippen LogP contribution in [0.15, 0.2) is 48.5 Å². The van der Waals surface area contributed by atoms with E-state index in [1.807, 2.05) is 36.4 Å². The minimum Gasteiger partial charge on any atom is -0.484 e. The lowest BCUT2D eigenvalue weighted by Gasteiger charge is -2.15. The molecule has 0 radical (unpaired) electrons. The van der Waals surface area contributed by atoms with Crippen LogP contribution in [-0.2, 0) is 11.2 Å². The summed E-state index contributed by atoms with van der Waals surface area (Å²) in [5.41, 5.74) is 3.24. The highest BCUT2D eigenvalue weighted by Gasteiger charge is 2.11. The molecule has 122 valence electrons. The van der Waals surface area contributed by atoms with Crippen molar-refractivity contribution in [3.8, 4) is 5.75 Å². The molecule has 0 saturated carbocycles. The van der Waals surface area contributed by atoms with Crippen LogP contribution in [0.4, 0.5) is 5.69 Å². The van der Waals surface area contributed by atoms with Crippen LogP contribution in [0.5, 0.6) is 5.75 Å². The van der Waals surface area contributed by atoms with E-state index < -0.39 is 0 Å². The summed E-state index contributed by atoms with van der Waals surface area (Å²) in [5.74, 6) is 1.01. The molecule has 0 spiro atoms. The van der Waals surface area contributed by atoms with Crippen LogP contribution in [-0.4, -0.2) is 12.5 Å². The summed E-state index contributed by atoms with van der Waals surface area (Å²) < 4.78 is 5.60. The molecule has 1 N–H and O–H groups in total. The number of rotatable bonds is 7. The zero-order chi connectivity index (χ0) is 16.7. The first-order valence-corrected chi connectivity index (χ1v) is 8.24. The van der Waals surface area contributed by atoms with Gasteiger partial charge in [-0.3, -0.25) is 4.79 Å². The number of hydrogen-bond acceptors (Lipinski definition) is 2. The average molecular weight is 311 g/mol. The third kappa shape index (κ3) is 4.85. The number of amides is 1. The third-order valence-corrected chi connectivity index (χ3v) is 4.05. The topological polar surface area (TPSA) is 38.3 Å². The molecule has 3 heteroatoms. The highest BCUT2D eigenvalue weighted by atomic mass is 16.5. The van der Waals surface area contributed by atoms with E-state index in [1.165, 1.54) is 5.56 Å². The number of ether oxygens (including phenoxy) is 1. The molecule has 1 atom stereocenters. The second-order valence-corrected chi connectivity index (χ2v) is 5.73. The number of nitrogens with one attached hydrogen (secondary N) is 1. The summed E-state index contributed by atoms with van der Waals surface area (Å²) in [4.78, 5) is 12.2. The van der Waals surface area contributed by atoms with Gasteiger partial charge in [0.05, 0.1) is 0 Å². The molecule has 2 aromatic carbocycles. The van der Waals surface area contributed by atoms with E-state index in [-0.39, 0.29) is 12.5 Å². The first-order chi connectivity index (χ1) is 11.1. The fourth-order valence-corrected chi connectivity index (χ4v) is 2.45. The fourth-order valence-electron chi connectivity index (χ4n) is 2.45. The van der Waals surface area contributed by atoms with Crippen LogP contribution in [0, 0.1) is 0 Å². The lowest BCUT2D eigenvalue weighted by molar-refractivity contribution is -0.118. The Kier molecular flexibility index (Phi) is 6.21. The molecule has 0 aromatic heterocycles. The van der Waals surface area contributed by atoms with Gasteiger partial charge in [0.15, 0.2) is 6.61 Å². The van der Waals surface area contributed by atoms with Crippen LogP contribution >= 0.6 is 0 Å². The molecule has 1 amide bonds. The van der Waals surface area contributed by atoms with Gasteiger partial charge in [-0.05, 0) is 48.1 Å². The van der Waals surface area contributed by atoms with E-state index in [1.54, 1.807) is 0 Å². The monoisotopic (exact) mass is 311 g/mol. The van der Waals surface area contributed by atoms with E-state index >= 15 is 0 Å². The molecule has 0 bridgehead atoms. The Hall–Kier alpha value is -2.29. The molecule has 2 rings (SSSR count). The fraction of sp³-hybridized carbons (Fsp3) is 0.350. The van der Waals surface area contributed by atoms with Crippen molar-refractivity contribution >= 4 is 11.6 Å². The first kappa shape index (κ1) is 17.1. The summed E-state index contributed by atoms with van der Waals surface area (Å²) in [6.45, 7) is 6.42. The largest absolute Gasteiger partial charge is 0.484 e. The summed E-state index contributed by atoms with van der Waals surface area (Å²) >= 11 is 0. The van der Waals surface area contributed by atoms with Gasteiger partial charge in [-0.1, -0.05) is 51.1 Å². The molecule has 0 saturated heterocycles. The van der Waals surface area contributed by atoms with Gasteiger partial charge in [-0.15, -0.1) is 0 Å². The molecular weight excluding hydrogens is 286 g/mol. The molecule has 0 aliphatic carbocycles. The SMILES string of the molecule is CCc1cccc(OCC(=O)Nc2ccccc2[C@@H](C)CC)c1. The van der Waals surface area contributed by atoms with E-state index in [0.29, 0.717) is 5.92 Å². The van der Waals surface area contributed by atoms with Crippen molar-refractivity contribution in [2.24, 2.45) is 0 Å². The molecule has 0 unspecified atom stereocenters. The molecule has 2 aromatic rings. The van der Waals surface area contributed by atoms with Crippen molar-refractivity contribution in [2.45, 2.75) is 39.5 Å². The molecule has 0 aliphatic rings. The van der Waals surface area contributed by atoms with Gasteiger partial charge in [0, 0.05) is 5.69 Å². The summed E-state index contributed by atoms with van der Waals surface area (Å²) in [5, 5.41) is 2.96. The van der Waals surface area contributed by atoms with Crippen molar-refractivity contribution in [1.29, 1.82) is 0 Å². The predicted molar refractivity (Wildman–Crippen MR) is 95.1 cm³/mol. The number of carbonyl (C=O) groups excluding carboxylic acids is 1. The van der Waals surface area contributed by atoms with Gasteiger partial charge in [0.25, 0.3) is 5.91 Å². The Bertz CT molecular complexity index is 652. The zero-order valence-electron chi connectivity index (χ0n) is 14.1. The summed E-state index contributed by atoms with van der Waals surface area (Å²) in [6.07, 6.45) is 1.98. The third-order valence-electron chi connectivity index (χ3n) is 4.05. The predicted octanol–water partition coefficient (Wildman–Crippen LogP) is 4.78. The second-order valence-electron chi connectivity index (χ2n) is 5.73. The Morgan fingerprint density at radius 1 is 1.13 bits per heavy atom. The maximum atomic E-state index is 12.2. The maximum Gasteiger partial charge on any atom is 0.262 e. The minimum atomic E-state index is -0.136. The van der Waals surface area contributed by atoms with Crippen LogP contribution in [0.25, 0.3) is 0 Å². The van der Waals surface area contributed by atoms with E-state index in [9.17, 15) is 4.79 Å². The highest BCUT2D eigenvalue weighted by molar-refractivity contribution is 5.92. The van der Waals surface area contributed by atoms with Crippen LogP contribution in [0.2, 0.25) is 0 Å². The number of benzene rings is 2. The lowest BCUT2D eigenvalue weighted by Crippen LogP contribution is -2.21. The van der Waals surface area contributed by atoms with Crippen LogP contribution < -0.4 is 10.1 Å². The maximum absolute atomic E-state index is 12.2. The molecule has 3 nitrogen and oxygen atoms in total.